The summed E-state index contributed by atoms with van der Waals surface area (Å²) in [4.78, 5) is 12.1. The van der Waals surface area contributed by atoms with Crippen molar-refractivity contribution in [2.24, 2.45) is 0 Å². The van der Waals surface area contributed by atoms with Gasteiger partial charge in [-0.25, -0.2) is 0 Å². The number of nitrogens with zero attached hydrogens (tertiary/aromatic N) is 1. The molecule has 0 bridgehead atoms. The summed E-state index contributed by atoms with van der Waals surface area (Å²) in [5.41, 5.74) is 1.83. The van der Waals surface area contributed by atoms with Gasteiger partial charge in [0.15, 0.2) is 5.43 Å². The van der Waals surface area contributed by atoms with E-state index in [1.807, 2.05) is 49.6 Å². The van der Waals surface area contributed by atoms with Gasteiger partial charge in [0.25, 0.3) is 0 Å². The maximum atomic E-state index is 12.1. The van der Waals surface area contributed by atoms with Crippen LogP contribution in [0, 0.1) is 0 Å². The Hall–Kier alpha value is -1.65. The first-order valence-electron chi connectivity index (χ1n) is 7.44. The van der Waals surface area contributed by atoms with E-state index in [1.54, 1.807) is 6.07 Å². The molecule has 0 aliphatic carbocycles. The maximum absolute atomic E-state index is 12.1. The molecule has 1 aromatic carbocycles. The summed E-state index contributed by atoms with van der Waals surface area (Å²) in [6.45, 7) is 6.62. The number of aryl methyl sites for hydroxylation is 1. The SMILES string of the molecule is CCc1cc(=O)c2ccccc2n1CC(O)COC(C)C. The van der Waals surface area contributed by atoms with Crippen LogP contribution in [0.3, 0.4) is 0 Å². The van der Waals surface area contributed by atoms with E-state index in [4.69, 9.17) is 4.74 Å². The Labute approximate surface area is 125 Å². The van der Waals surface area contributed by atoms with E-state index in [0.29, 0.717) is 18.5 Å². The van der Waals surface area contributed by atoms with Gasteiger partial charge >= 0.3 is 0 Å². The fraction of sp³-hybridized carbons (Fsp3) is 0.471. The third-order valence-corrected chi connectivity index (χ3v) is 3.48. The molecule has 0 radical (unpaired) electrons. The Balaban J connectivity index is 2.37. The Morgan fingerprint density at radius 2 is 2.00 bits per heavy atom. The van der Waals surface area contributed by atoms with Crippen molar-refractivity contribution in [3.05, 3.63) is 46.2 Å². The fourth-order valence-corrected chi connectivity index (χ4v) is 2.45. The number of aliphatic hydroxyl groups is 1. The van der Waals surface area contributed by atoms with E-state index >= 15 is 0 Å². The van der Waals surface area contributed by atoms with Crippen LogP contribution in [0.5, 0.6) is 0 Å². The van der Waals surface area contributed by atoms with E-state index in [2.05, 4.69) is 0 Å². The molecule has 0 spiro atoms. The third kappa shape index (κ3) is 3.71. The Bertz CT molecular complexity index is 661. The summed E-state index contributed by atoms with van der Waals surface area (Å²) in [5, 5.41) is 10.9. The van der Waals surface area contributed by atoms with Crippen molar-refractivity contribution in [3.63, 3.8) is 0 Å². The van der Waals surface area contributed by atoms with Gasteiger partial charge in [0.2, 0.25) is 0 Å². The zero-order valence-corrected chi connectivity index (χ0v) is 12.9. The molecule has 0 amide bonds. The molecule has 21 heavy (non-hydrogen) atoms. The number of ether oxygens (including phenoxy) is 1. The monoisotopic (exact) mass is 289 g/mol. The topological polar surface area (TPSA) is 51.5 Å². The van der Waals surface area contributed by atoms with E-state index < -0.39 is 6.10 Å². The second-order valence-corrected chi connectivity index (χ2v) is 5.52. The van der Waals surface area contributed by atoms with Crippen LogP contribution in [0.25, 0.3) is 10.9 Å². The molecule has 1 aromatic heterocycles. The van der Waals surface area contributed by atoms with Crippen molar-refractivity contribution < 1.29 is 9.84 Å². The molecule has 1 unspecified atom stereocenters. The number of fused-ring (bicyclic) bond motifs is 1. The summed E-state index contributed by atoms with van der Waals surface area (Å²) in [6.07, 6.45) is 0.248. The van der Waals surface area contributed by atoms with Crippen molar-refractivity contribution >= 4 is 10.9 Å². The van der Waals surface area contributed by atoms with Gasteiger partial charge in [0.1, 0.15) is 0 Å². The highest BCUT2D eigenvalue weighted by molar-refractivity contribution is 5.79. The lowest BCUT2D eigenvalue weighted by Gasteiger charge is -2.20. The molecule has 1 N–H and O–H groups in total. The molecule has 0 fully saturated rings. The number of hydrogen-bond acceptors (Lipinski definition) is 3. The maximum Gasteiger partial charge on any atom is 0.189 e. The Morgan fingerprint density at radius 1 is 1.29 bits per heavy atom. The minimum absolute atomic E-state index is 0.0339. The Kier molecular flexibility index (Phi) is 5.15. The molecule has 1 atom stereocenters. The van der Waals surface area contributed by atoms with Crippen molar-refractivity contribution in [2.75, 3.05) is 6.61 Å². The van der Waals surface area contributed by atoms with Gasteiger partial charge in [-0.2, -0.15) is 0 Å². The van der Waals surface area contributed by atoms with Crippen LogP contribution in [0.1, 0.15) is 26.5 Å². The van der Waals surface area contributed by atoms with Crippen LogP contribution in [0.2, 0.25) is 0 Å². The average molecular weight is 289 g/mol. The first-order chi connectivity index (χ1) is 10.0. The minimum atomic E-state index is -0.594. The van der Waals surface area contributed by atoms with Crippen LogP contribution in [-0.2, 0) is 17.7 Å². The highest BCUT2D eigenvalue weighted by Crippen LogP contribution is 2.14. The number of aliphatic hydroxyl groups excluding tert-OH is 1. The number of pyridine rings is 1. The van der Waals surface area contributed by atoms with Crippen molar-refractivity contribution in [1.82, 2.24) is 4.57 Å². The van der Waals surface area contributed by atoms with Gasteiger partial charge in [0, 0.05) is 17.1 Å². The third-order valence-electron chi connectivity index (χ3n) is 3.48. The predicted molar refractivity (Wildman–Crippen MR) is 84.7 cm³/mol. The molecular weight excluding hydrogens is 266 g/mol. The number of hydrogen-bond donors (Lipinski definition) is 1. The van der Waals surface area contributed by atoms with Gasteiger partial charge in [-0.3, -0.25) is 4.79 Å². The van der Waals surface area contributed by atoms with Gasteiger partial charge in [-0.05, 0) is 32.4 Å². The lowest BCUT2D eigenvalue weighted by atomic mass is 10.1. The summed E-state index contributed by atoms with van der Waals surface area (Å²) in [6, 6.07) is 9.18. The van der Waals surface area contributed by atoms with Crippen molar-refractivity contribution in [1.29, 1.82) is 0 Å². The first-order valence-corrected chi connectivity index (χ1v) is 7.44. The average Bonchev–Trinajstić information content (AvgIpc) is 2.48. The Morgan fingerprint density at radius 3 is 2.67 bits per heavy atom. The second kappa shape index (κ2) is 6.87. The number of aromatic nitrogens is 1. The normalized spacial score (nSPS) is 13.0. The molecule has 0 aliphatic heterocycles. The van der Waals surface area contributed by atoms with Crippen LogP contribution < -0.4 is 5.43 Å². The van der Waals surface area contributed by atoms with Crippen LogP contribution in [0.15, 0.2) is 35.1 Å². The summed E-state index contributed by atoms with van der Waals surface area (Å²) in [5.74, 6) is 0. The van der Waals surface area contributed by atoms with E-state index in [-0.39, 0.29) is 11.5 Å². The lowest BCUT2D eigenvalue weighted by molar-refractivity contribution is -0.000538. The smallest absolute Gasteiger partial charge is 0.189 e. The molecule has 0 saturated carbocycles. The second-order valence-electron chi connectivity index (χ2n) is 5.52. The van der Waals surface area contributed by atoms with Crippen LogP contribution in [-0.4, -0.2) is 28.5 Å². The summed E-state index contributed by atoms with van der Waals surface area (Å²) in [7, 11) is 0. The highest BCUT2D eigenvalue weighted by Gasteiger charge is 2.12. The van der Waals surface area contributed by atoms with E-state index in [1.165, 1.54) is 0 Å². The van der Waals surface area contributed by atoms with Crippen molar-refractivity contribution in [3.8, 4) is 0 Å². The molecule has 4 heteroatoms. The van der Waals surface area contributed by atoms with Gasteiger partial charge in [-0.1, -0.05) is 19.1 Å². The van der Waals surface area contributed by atoms with Gasteiger partial charge in [-0.15, -0.1) is 0 Å². The molecule has 4 nitrogen and oxygen atoms in total. The molecule has 114 valence electrons. The fourth-order valence-electron chi connectivity index (χ4n) is 2.45. The van der Waals surface area contributed by atoms with Gasteiger partial charge < -0.3 is 14.4 Å². The quantitative estimate of drug-likeness (QED) is 0.888. The highest BCUT2D eigenvalue weighted by atomic mass is 16.5. The van der Waals surface area contributed by atoms with E-state index in [9.17, 15) is 9.90 Å². The molecule has 2 rings (SSSR count). The molecule has 2 aromatic rings. The standard InChI is InChI=1S/C17H23NO3/c1-4-13-9-17(20)15-7-5-6-8-16(15)18(13)10-14(19)11-21-12(2)3/h5-9,12,14,19H,4,10-11H2,1-3H3. The van der Waals surface area contributed by atoms with E-state index in [0.717, 1.165) is 17.6 Å². The lowest BCUT2D eigenvalue weighted by Crippen LogP contribution is -2.26. The van der Waals surface area contributed by atoms with Crippen LogP contribution in [0.4, 0.5) is 0 Å². The molecular formula is C17H23NO3. The van der Waals surface area contributed by atoms with Crippen LogP contribution >= 0.6 is 0 Å². The zero-order chi connectivity index (χ0) is 15.4. The summed E-state index contributed by atoms with van der Waals surface area (Å²) >= 11 is 0. The van der Waals surface area contributed by atoms with Crippen molar-refractivity contribution in [2.45, 2.75) is 45.9 Å². The molecule has 0 aliphatic rings. The number of para-hydroxylation sites is 1. The largest absolute Gasteiger partial charge is 0.389 e. The molecule has 0 saturated heterocycles. The predicted octanol–water partition coefficient (Wildman–Crippen LogP) is 2.35. The number of benzene rings is 1. The first kappa shape index (κ1) is 15.7. The molecule has 1 heterocycles. The van der Waals surface area contributed by atoms with Gasteiger partial charge in [0.05, 0.1) is 30.9 Å². The zero-order valence-electron chi connectivity index (χ0n) is 12.9. The summed E-state index contributed by atoms with van der Waals surface area (Å²) < 4.78 is 7.48. The minimum Gasteiger partial charge on any atom is -0.389 e. The number of rotatable bonds is 6.